The minimum atomic E-state index is 0.112. The Kier molecular flexibility index (Phi) is 3.09. The molecule has 2 nitrogen and oxygen atoms in total. The summed E-state index contributed by atoms with van der Waals surface area (Å²) in [6, 6.07) is 10.6. The largest absolute Gasteiger partial charge is 0.275 e. The van der Waals surface area contributed by atoms with E-state index in [1.165, 1.54) is 10.9 Å². The molecule has 0 aliphatic carbocycles. The van der Waals surface area contributed by atoms with Gasteiger partial charge in [-0.25, -0.2) is 4.98 Å². The van der Waals surface area contributed by atoms with Gasteiger partial charge in [0.15, 0.2) is 0 Å². The number of aromatic nitrogens is 1. The van der Waals surface area contributed by atoms with Gasteiger partial charge >= 0.3 is 0 Å². The van der Waals surface area contributed by atoms with Crippen molar-refractivity contribution >= 4 is 27.7 Å². The molecule has 1 aromatic carbocycles. The molecule has 1 aliphatic heterocycles. The summed E-state index contributed by atoms with van der Waals surface area (Å²) >= 11 is 1.81. The number of hydrogen-bond donors (Lipinski definition) is 0. The number of rotatable bonds is 1. The molecule has 1 aliphatic rings. The van der Waals surface area contributed by atoms with Crippen molar-refractivity contribution in [3.63, 3.8) is 0 Å². The van der Waals surface area contributed by atoms with Crippen molar-refractivity contribution in [3.05, 3.63) is 41.6 Å². The van der Waals surface area contributed by atoms with E-state index in [9.17, 15) is 0 Å². The summed E-state index contributed by atoms with van der Waals surface area (Å²) in [4.78, 5) is 9.33. The Morgan fingerprint density at radius 2 is 1.95 bits per heavy atom. The maximum Gasteiger partial charge on any atom is 0.116 e. The minimum absolute atomic E-state index is 0.112. The quantitative estimate of drug-likeness (QED) is 0.782. The summed E-state index contributed by atoms with van der Waals surface area (Å²) in [5.41, 5.74) is 3.57. The lowest BCUT2D eigenvalue weighted by Crippen LogP contribution is -2.14. The molecule has 98 valence electrons. The zero-order valence-electron chi connectivity index (χ0n) is 11.6. The van der Waals surface area contributed by atoms with E-state index in [0.717, 1.165) is 28.6 Å². The third-order valence-corrected chi connectivity index (χ3v) is 4.33. The maximum absolute atomic E-state index is 4.78. The zero-order valence-corrected chi connectivity index (χ0v) is 12.4. The SMILES string of the molecule is CC(C)(C)c1cc(C2=NCCS2)nc2ccccc12. The first kappa shape index (κ1) is 12.7. The molecule has 2 aromatic rings. The summed E-state index contributed by atoms with van der Waals surface area (Å²) in [5.74, 6) is 1.08. The van der Waals surface area contributed by atoms with E-state index in [4.69, 9.17) is 4.98 Å². The van der Waals surface area contributed by atoms with Crippen molar-refractivity contribution in [2.75, 3.05) is 12.3 Å². The van der Waals surface area contributed by atoms with Crippen LogP contribution in [0.1, 0.15) is 32.0 Å². The molecular formula is C16H18N2S. The van der Waals surface area contributed by atoms with Crippen LogP contribution in [0, 0.1) is 0 Å². The molecule has 0 saturated heterocycles. The van der Waals surface area contributed by atoms with E-state index in [2.05, 4.69) is 56.1 Å². The van der Waals surface area contributed by atoms with Crippen LogP contribution < -0.4 is 0 Å². The van der Waals surface area contributed by atoms with Crippen LogP contribution in [0.15, 0.2) is 35.3 Å². The fourth-order valence-electron chi connectivity index (χ4n) is 2.40. The van der Waals surface area contributed by atoms with Gasteiger partial charge in [-0.1, -0.05) is 39.0 Å². The molecule has 0 N–H and O–H groups in total. The summed E-state index contributed by atoms with van der Waals surface area (Å²) in [5, 5.41) is 2.35. The standard InChI is InChI=1S/C16H18N2S/c1-16(2,3)12-10-14(15-17-8-9-19-15)18-13-7-5-4-6-11(12)13/h4-7,10H,8-9H2,1-3H3. The van der Waals surface area contributed by atoms with Crippen LogP contribution in [0.2, 0.25) is 0 Å². The van der Waals surface area contributed by atoms with E-state index in [1.807, 2.05) is 11.8 Å². The highest BCUT2D eigenvalue weighted by molar-refractivity contribution is 8.14. The molecule has 0 radical (unpaired) electrons. The van der Waals surface area contributed by atoms with Gasteiger partial charge in [-0.15, -0.1) is 11.8 Å². The minimum Gasteiger partial charge on any atom is -0.275 e. The third-order valence-electron chi connectivity index (χ3n) is 3.33. The van der Waals surface area contributed by atoms with Gasteiger partial charge in [0.2, 0.25) is 0 Å². The lowest BCUT2D eigenvalue weighted by molar-refractivity contribution is 0.595. The van der Waals surface area contributed by atoms with Crippen molar-refractivity contribution in [1.29, 1.82) is 0 Å². The second-order valence-electron chi connectivity index (χ2n) is 5.86. The molecule has 0 atom stereocenters. The molecule has 0 spiro atoms. The number of pyridine rings is 1. The Morgan fingerprint density at radius 3 is 2.63 bits per heavy atom. The predicted octanol–water partition coefficient (Wildman–Crippen LogP) is 4.03. The molecular weight excluding hydrogens is 252 g/mol. The lowest BCUT2D eigenvalue weighted by Gasteiger charge is -2.22. The van der Waals surface area contributed by atoms with Crippen LogP contribution in [0.25, 0.3) is 10.9 Å². The highest BCUT2D eigenvalue weighted by atomic mass is 32.2. The summed E-state index contributed by atoms with van der Waals surface area (Å²) in [6.45, 7) is 7.67. The Bertz CT molecular complexity index is 653. The lowest BCUT2D eigenvalue weighted by atomic mass is 9.84. The van der Waals surface area contributed by atoms with Gasteiger partial charge in [0.1, 0.15) is 5.04 Å². The van der Waals surface area contributed by atoms with Gasteiger partial charge in [0, 0.05) is 17.7 Å². The summed E-state index contributed by atoms with van der Waals surface area (Å²) < 4.78 is 0. The smallest absolute Gasteiger partial charge is 0.116 e. The number of fused-ring (bicyclic) bond motifs is 1. The van der Waals surface area contributed by atoms with E-state index in [1.54, 1.807) is 0 Å². The Balaban J connectivity index is 2.26. The van der Waals surface area contributed by atoms with Crippen molar-refractivity contribution in [1.82, 2.24) is 4.98 Å². The molecule has 0 unspecified atom stereocenters. The monoisotopic (exact) mass is 270 g/mol. The van der Waals surface area contributed by atoms with Gasteiger partial charge in [-0.3, -0.25) is 4.99 Å². The third kappa shape index (κ3) is 2.39. The van der Waals surface area contributed by atoms with Crippen LogP contribution in [0.4, 0.5) is 0 Å². The zero-order chi connectivity index (χ0) is 13.5. The first-order valence-electron chi connectivity index (χ1n) is 6.63. The number of nitrogens with zero attached hydrogens (tertiary/aromatic N) is 2. The Hall–Kier alpha value is -1.35. The van der Waals surface area contributed by atoms with Crippen LogP contribution in [-0.4, -0.2) is 22.3 Å². The van der Waals surface area contributed by atoms with Crippen LogP contribution in [0.5, 0.6) is 0 Å². The Labute approximate surface area is 118 Å². The molecule has 0 amide bonds. The first-order chi connectivity index (χ1) is 9.05. The molecule has 2 heterocycles. The average Bonchev–Trinajstić information content (AvgIpc) is 2.90. The van der Waals surface area contributed by atoms with Gasteiger partial charge in [0.25, 0.3) is 0 Å². The van der Waals surface area contributed by atoms with E-state index in [0.29, 0.717) is 0 Å². The molecule has 3 heteroatoms. The Morgan fingerprint density at radius 1 is 1.16 bits per heavy atom. The number of aliphatic imine (C=N–C) groups is 1. The van der Waals surface area contributed by atoms with Crippen LogP contribution >= 0.6 is 11.8 Å². The summed E-state index contributed by atoms with van der Waals surface area (Å²) in [6.07, 6.45) is 0. The second kappa shape index (κ2) is 4.64. The normalized spacial score (nSPS) is 15.8. The predicted molar refractivity (Wildman–Crippen MR) is 84.3 cm³/mol. The molecule has 1 aromatic heterocycles. The van der Waals surface area contributed by atoms with Crippen LogP contribution in [0.3, 0.4) is 0 Å². The van der Waals surface area contributed by atoms with Crippen molar-refractivity contribution in [3.8, 4) is 0 Å². The fraction of sp³-hybridized carbons (Fsp3) is 0.375. The highest BCUT2D eigenvalue weighted by Gasteiger charge is 2.20. The van der Waals surface area contributed by atoms with Gasteiger partial charge in [-0.2, -0.15) is 0 Å². The van der Waals surface area contributed by atoms with Gasteiger partial charge < -0.3 is 0 Å². The first-order valence-corrected chi connectivity index (χ1v) is 7.62. The van der Waals surface area contributed by atoms with Crippen molar-refractivity contribution < 1.29 is 0 Å². The van der Waals surface area contributed by atoms with Gasteiger partial charge in [-0.05, 0) is 23.1 Å². The number of benzene rings is 1. The second-order valence-corrected chi connectivity index (χ2v) is 6.94. The number of para-hydroxylation sites is 1. The fourth-order valence-corrected chi connectivity index (χ4v) is 3.21. The molecule has 3 rings (SSSR count). The van der Waals surface area contributed by atoms with Gasteiger partial charge in [0.05, 0.1) is 11.2 Å². The maximum atomic E-state index is 4.78. The van der Waals surface area contributed by atoms with E-state index >= 15 is 0 Å². The molecule has 19 heavy (non-hydrogen) atoms. The summed E-state index contributed by atoms with van der Waals surface area (Å²) in [7, 11) is 0. The highest BCUT2D eigenvalue weighted by Crippen LogP contribution is 2.31. The topological polar surface area (TPSA) is 25.2 Å². The molecule has 0 bridgehead atoms. The van der Waals surface area contributed by atoms with E-state index in [-0.39, 0.29) is 5.41 Å². The average molecular weight is 270 g/mol. The van der Waals surface area contributed by atoms with Crippen molar-refractivity contribution in [2.24, 2.45) is 4.99 Å². The van der Waals surface area contributed by atoms with Crippen LogP contribution in [-0.2, 0) is 5.41 Å². The molecule has 0 fully saturated rings. The number of thioether (sulfide) groups is 1. The van der Waals surface area contributed by atoms with Crippen molar-refractivity contribution in [2.45, 2.75) is 26.2 Å². The number of hydrogen-bond acceptors (Lipinski definition) is 3. The van der Waals surface area contributed by atoms with E-state index < -0.39 is 0 Å². The molecule has 0 saturated carbocycles.